The quantitative estimate of drug-likeness (QED) is 0.799. The Morgan fingerprint density at radius 3 is 2.88 bits per heavy atom. The van der Waals surface area contributed by atoms with Crippen LogP contribution in [0.4, 0.5) is 10.1 Å². The summed E-state index contributed by atoms with van der Waals surface area (Å²) >= 11 is 7.65. The summed E-state index contributed by atoms with van der Waals surface area (Å²) in [6.45, 7) is 2.48. The van der Waals surface area contributed by atoms with Crippen molar-refractivity contribution in [1.82, 2.24) is 4.90 Å². The summed E-state index contributed by atoms with van der Waals surface area (Å²) in [5.74, 6) is 0.270. The molecule has 24 heavy (non-hydrogen) atoms. The third-order valence-corrected chi connectivity index (χ3v) is 5.20. The number of rotatable bonds is 3. The van der Waals surface area contributed by atoms with Gasteiger partial charge in [-0.1, -0.05) is 47.6 Å². The second-order valence-corrected chi connectivity index (χ2v) is 6.91. The van der Waals surface area contributed by atoms with Gasteiger partial charge in [-0.05, 0) is 36.2 Å². The molecule has 6 heteroatoms. The summed E-state index contributed by atoms with van der Waals surface area (Å²) in [6.07, 6.45) is 0.0286. The van der Waals surface area contributed by atoms with Crippen LogP contribution in [0, 0.1) is 12.7 Å². The highest BCUT2D eigenvalue weighted by Crippen LogP contribution is 2.29. The first-order chi connectivity index (χ1) is 11.6. The number of carbonyl (C=O) groups excluding carboxylic acids is 1. The summed E-state index contributed by atoms with van der Waals surface area (Å²) < 4.78 is 13.8. The van der Waals surface area contributed by atoms with E-state index in [1.807, 2.05) is 25.1 Å². The van der Waals surface area contributed by atoms with Gasteiger partial charge < -0.3 is 0 Å². The largest absolute Gasteiger partial charge is 0.290 e. The van der Waals surface area contributed by atoms with Gasteiger partial charge in [-0.2, -0.15) is 0 Å². The van der Waals surface area contributed by atoms with Gasteiger partial charge in [0.2, 0.25) is 5.91 Å². The lowest BCUT2D eigenvalue weighted by Crippen LogP contribution is -2.33. The van der Waals surface area contributed by atoms with Gasteiger partial charge >= 0.3 is 0 Å². The first-order valence-corrected chi connectivity index (χ1v) is 8.93. The zero-order valence-electron chi connectivity index (χ0n) is 13.1. The van der Waals surface area contributed by atoms with Gasteiger partial charge in [0.1, 0.15) is 5.82 Å². The topological polar surface area (TPSA) is 32.7 Å². The van der Waals surface area contributed by atoms with Gasteiger partial charge in [0.15, 0.2) is 5.17 Å². The van der Waals surface area contributed by atoms with Crippen molar-refractivity contribution in [2.45, 2.75) is 13.3 Å². The SMILES string of the molecule is Cc1c(Cl)cccc1N=C1SCCN1C(=O)Cc1ccccc1F. The molecule has 124 valence electrons. The molecule has 0 N–H and O–H groups in total. The van der Waals surface area contributed by atoms with Crippen LogP contribution in [-0.2, 0) is 11.2 Å². The van der Waals surface area contributed by atoms with Crippen LogP contribution in [0.2, 0.25) is 5.02 Å². The number of hydrogen-bond donors (Lipinski definition) is 0. The first-order valence-electron chi connectivity index (χ1n) is 7.56. The lowest BCUT2D eigenvalue weighted by molar-refractivity contribution is -0.126. The van der Waals surface area contributed by atoms with Crippen molar-refractivity contribution >= 4 is 40.1 Å². The molecule has 0 atom stereocenters. The van der Waals surface area contributed by atoms with E-state index in [0.717, 1.165) is 17.0 Å². The van der Waals surface area contributed by atoms with Crippen molar-refractivity contribution in [2.24, 2.45) is 4.99 Å². The fraction of sp³-hybridized carbons (Fsp3) is 0.222. The summed E-state index contributed by atoms with van der Waals surface area (Å²) in [4.78, 5) is 18.8. The molecule has 1 aliphatic rings. The number of halogens is 2. The van der Waals surface area contributed by atoms with Crippen LogP contribution in [0.25, 0.3) is 0 Å². The molecule has 0 bridgehead atoms. The Morgan fingerprint density at radius 2 is 2.08 bits per heavy atom. The average Bonchev–Trinajstić information content (AvgIpc) is 3.02. The number of amides is 1. The summed E-state index contributed by atoms with van der Waals surface area (Å²) in [6, 6.07) is 11.9. The lowest BCUT2D eigenvalue weighted by atomic mass is 10.1. The molecular formula is C18H16ClFN2OS. The van der Waals surface area contributed by atoms with E-state index in [4.69, 9.17) is 11.6 Å². The Bertz CT molecular complexity index is 809. The Hall–Kier alpha value is -1.85. The molecule has 1 fully saturated rings. The van der Waals surface area contributed by atoms with Crippen molar-refractivity contribution in [3.63, 3.8) is 0 Å². The van der Waals surface area contributed by atoms with E-state index in [9.17, 15) is 9.18 Å². The highest BCUT2D eigenvalue weighted by atomic mass is 35.5. The van der Waals surface area contributed by atoms with E-state index in [2.05, 4.69) is 4.99 Å². The molecule has 0 aromatic heterocycles. The minimum atomic E-state index is -0.359. The molecule has 0 spiro atoms. The average molecular weight is 363 g/mol. The molecule has 3 nitrogen and oxygen atoms in total. The second-order valence-electron chi connectivity index (χ2n) is 5.44. The van der Waals surface area contributed by atoms with Gasteiger partial charge in [-0.15, -0.1) is 0 Å². The molecule has 0 radical (unpaired) electrons. The number of carbonyl (C=O) groups is 1. The van der Waals surface area contributed by atoms with Crippen LogP contribution in [0.1, 0.15) is 11.1 Å². The van der Waals surface area contributed by atoms with E-state index >= 15 is 0 Å². The van der Waals surface area contributed by atoms with Crippen LogP contribution in [0.5, 0.6) is 0 Å². The predicted octanol–water partition coefficient (Wildman–Crippen LogP) is 4.59. The molecule has 1 amide bonds. The highest BCUT2D eigenvalue weighted by molar-refractivity contribution is 8.14. The first kappa shape index (κ1) is 17.0. The van der Waals surface area contributed by atoms with E-state index in [1.54, 1.807) is 23.1 Å². The maximum Gasteiger partial charge on any atom is 0.233 e. The van der Waals surface area contributed by atoms with E-state index in [0.29, 0.717) is 22.3 Å². The molecular weight excluding hydrogens is 347 g/mol. The minimum absolute atomic E-state index is 0.0286. The molecule has 1 aliphatic heterocycles. The van der Waals surface area contributed by atoms with Crippen LogP contribution in [0.15, 0.2) is 47.5 Å². The lowest BCUT2D eigenvalue weighted by Gasteiger charge is -2.16. The second kappa shape index (κ2) is 7.36. The van der Waals surface area contributed by atoms with Crippen molar-refractivity contribution in [1.29, 1.82) is 0 Å². The number of amidine groups is 1. The standard InChI is InChI=1S/C18H16ClFN2OS/c1-12-14(19)6-4-8-16(12)21-18-22(9-10-24-18)17(23)11-13-5-2-3-7-15(13)20/h2-8H,9-11H2,1H3. The van der Waals surface area contributed by atoms with Crippen LogP contribution < -0.4 is 0 Å². The normalized spacial score (nSPS) is 16.0. The van der Waals surface area contributed by atoms with E-state index in [1.165, 1.54) is 17.8 Å². The fourth-order valence-corrected chi connectivity index (χ4v) is 3.58. The number of thioether (sulfide) groups is 1. The van der Waals surface area contributed by atoms with E-state index < -0.39 is 0 Å². The summed E-state index contributed by atoms with van der Waals surface area (Å²) in [5, 5.41) is 1.28. The number of nitrogens with zero attached hydrogens (tertiary/aromatic N) is 2. The van der Waals surface area contributed by atoms with Gasteiger partial charge in [-0.3, -0.25) is 9.69 Å². The van der Waals surface area contributed by atoms with Crippen LogP contribution >= 0.6 is 23.4 Å². The summed E-state index contributed by atoms with van der Waals surface area (Å²) in [7, 11) is 0. The maximum absolute atomic E-state index is 13.8. The molecule has 0 saturated carbocycles. The fourth-order valence-electron chi connectivity index (χ4n) is 2.45. The molecule has 0 aliphatic carbocycles. The van der Waals surface area contributed by atoms with Gasteiger partial charge in [-0.25, -0.2) is 9.38 Å². The Balaban J connectivity index is 1.82. The van der Waals surface area contributed by atoms with Crippen LogP contribution in [-0.4, -0.2) is 28.3 Å². The van der Waals surface area contributed by atoms with Crippen LogP contribution in [0.3, 0.4) is 0 Å². The smallest absolute Gasteiger partial charge is 0.233 e. The molecule has 1 saturated heterocycles. The van der Waals surface area contributed by atoms with Gasteiger partial charge in [0.05, 0.1) is 12.1 Å². The molecule has 3 rings (SSSR count). The minimum Gasteiger partial charge on any atom is -0.290 e. The third-order valence-electron chi connectivity index (χ3n) is 3.83. The Kier molecular flexibility index (Phi) is 5.21. The maximum atomic E-state index is 13.8. The summed E-state index contributed by atoms with van der Waals surface area (Å²) in [5.41, 5.74) is 2.02. The number of aliphatic imine (C=N–C) groups is 1. The Morgan fingerprint density at radius 1 is 1.29 bits per heavy atom. The number of benzene rings is 2. The van der Waals surface area contributed by atoms with E-state index in [-0.39, 0.29) is 18.1 Å². The monoisotopic (exact) mass is 362 g/mol. The molecule has 2 aromatic carbocycles. The molecule has 0 unspecified atom stereocenters. The van der Waals surface area contributed by atoms with Gasteiger partial charge in [0.25, 0.3) is 0 Å². The van der Waals surface area contributed by atoms with Crippen molar-refractivity contribution in [3.05, 3.63) is 64.4 Å². The Labute approximate surface area is 149 Å². The third kappa shape index (κ3) is 3.62. The van der Waals surface area contributed by atoms with Crippen molar-refractivity contribution in [2.75, 3.05) is 12.3 Å². The number of hydrogen-bond acceptors (Lipinski definition) is 3. The zero-order valence-corrected chi connectivity index (χ0v) is 14.7. The molecule has 2 aromatic rings. The predicted molar refractivity (Wildman–Crippen MR) is 97.6 cm³/mol. The van der Waals surface area contributed by atoms with Crippen molar-refractivity contribution < 1.29 is 9.18 Å². The zero-order chi connectivity index (χ0) is 17.1. The van der Waals surface area contributed by atoms with Crippen molar-refractivity contribution in [3.8, 4) is 0 Å². The molecule has 1 heterocycles. The van der Waals surface area contributed by atoms with Gasteiger partial charge in [0, 0.05) is 17.3 Å². The highest BCUT2D eigenvalue weighted by Gasteiger charge is 2.26.